The third-order valence-corrected chi connectivity index (χ3v) is 6.06. The number of methoxy groups -OCH3 is 3. The van der Waals surface area contributed by atoms with Crippen LogP contribution in [0.1, 0.15) is 30.5 Å². The second-order valence-electron chi connectivity index (χ2n) is 8.20. The van der Waals surface area contributed by atoms with Gasteiger partial charge in [0.05, 0.1) is 38.7 Å². The van der Waals surface area contributed by atoms with Gasteiger partial charge in [-0.2, -0.15) is 0 Å². The molecule has 1 aliphatic carbocycles. The SMILES string of the molecule is COc1cc2c(c(OC)c1OC)-c1ccc(Nc3ccccc3F)c(=O)cc1[C@H](NC(C)=O)CC2. The van der Waals surface area contributed by atoms with E-state index in [1.165, 1.54) is 26.2 Å². The van der Waals surface area contributed by atoms with E-state index in [-0.39, 0.29) is 22.7 Å². The molecule has 0 saturated heterocycles. The summed E-state index contributed by atoms with van der Waals surface area (Å²) in [6.45, 7) is 1.44. The molecule has 7 nitrogen and oxygen atoms in total. The van der Waals surface area contributed by atoms with Gasteiger partial charge in [-0.05, 0) is 59.9 Å². The van der Waals surface area contributed by atoms with Crippen LogP contribution in [0.15, 0.2) is 53.3 Å². The monoisotopic (exact) mass is 478 g/mol. The Kier molecular flexibility index (Phi) is 6.91. The molecule has 182 valence electrons. The molecule has 1 atom stereocenters. The number of ether oxygens (including phenoxy) is 3. The van der Waals surface area contributed by atoms with Gasteiger partial charge in [-0.15, -0.1) is 0 Å². The molecule has 0 heterocycles. The Morgan fingerprint density at radius 1 is 0.971 bits per heavy atom. The van der Waals surface area contributed by atoms with E-state index in [0.29, 0.717) is 41.2 Å². The van der Waals surface area contributed by atoms with Crippen LogP contribution in [0.5, 0.6) is 17.2 Å². The van der Waals surface area contributed by atoms with E-state index >= 15 is 0 Å². The Balaban J connectivity index is 1.99. The maximum absolute atomic E-state index is 14.3. The number of amides is 1. The predicted octanol–water partition coefficient (Wildman–Crippen LogP) is 4.75. The average Bonchev–Trinajstić information content (AvgIpc) is 3.08. The summed E-state index contributed by atoms with van der Waals surface area (Å²) in [4.78, 5) is 25.3. The van der Waals surface area contributed by atoms with Gasteiger partial charge < -0.3 is 24.8 Å². The van der Waals surface area contributed by atoms with Crippen LogP contribution in [-0.4, -0.2) is 27.2 Å². The molecule has 0 bridgehead atoms. The molecule has 4 rings (SSSR count). The van der Waals surface area contributed by atoms with Gasteiger partial charge in [0.25, 0.3) is 0 Å². The lowest BCUT2D eigenvalue weighted by Gasteiger charge is -2.19. The number of para-hydroxylation sites is 1. The number of rotatable bonds is 6. The van der Waals surface area contributed by atoms with Crippen molar-refractivity contribution in [3.8, 4) is 28.4 Å². The first-order chi connectivity index (χ1) is 16.9. The van der Waals surface area contributed by atoms with E-state index in [2.05, 4.69) is 10.6 Å². The second kappa shape index (κ2) is 10.0. The molecular formula is C27H27FN2O5. The van der Waals surface area contributed by atoms with E-state index in [1.807, 2.05) is 6.07 Å². The molecule has 2 N–H and O–H groups in total. The van der Waals surface area contributed by atoms with Crippen LogP contribution in [0.2, 0.25) is 0 Å². The largest absolute Gasteiger partial charge is 0.493 e. The highest BCUT2D eigenvalue weighted by Crippen LogP contribution is 2.50. The van der Waals surface area contributed by atoms with Gasteiger partial charge in [0.15, 0.2) is 11.5 Å². The first-order valence-corrected chi connectivity index (χ1v) is 11.2. The van der Waals surface area contributed by atoms with Crippen molar-refractivity contribution in [2.75, 3.05) is 26.6 Å². The Hall–Kier alpha value is -4.07. The fourth-order valence-electron chi connectivity index (χ4n) is 4.52. The zero-order valence-electron chi connectivity index (χ0n) is 20.0. The molecule has 1 aliphatic rings. The molecule has 0 spiro atoms. The second-order valence-corrected chi connectivity index (χ2v) is 8.20. The highest BCUT2D eigenvalue weighted by atomic mass is 19.1. The summed E-state index contributed by atoms with van der Waals surface area (Å²) in [5.41, 5.74) is 3.06. The molecule has 0 radical (unpaired) electrons. The number of carbonyl (C=O) groups excluding carboxylic acids is 1. The summed E-state index contributed by atoms with van der Waals surface area (Å²) in [6, 6.07) is 12.5. The number of nitrogens with one attached hydrogen (secondary N) is 2. The lowest BCUT2D eigenvalue weighted by Crippen LogP contribution is -2.26. The van der Waals surface area contributed by atoms with Crippen molar-refractivity contribution in [3.05, 3.63) is 75.7 Å². The molecule has 8 heteroatoms. The predicted molar refractivity (Wildman–Crippen MR) is 132 cm³/mol. The summed E-state index contributed by atoms with van der Waals surface area (Å²) in [6.07, 6.45) is 1.15. The molecule has 3 aromatic carbocycles. The Morgan fingerprint density at radius 3 is 2.37 bits per heavy atom. The lowest BCUT2D eigenvalue weighted by molar-refractivity contribution is -0.119. The normalized spacial score (nSPS) is 14.1. The Bertz CT molecular complexity index is 1340. The van der Waals surface area contributed by atoms with E-state index in [9.17, 15) is 14.0 Å². The van der Waals surface area contributed by atoms with E-state index in [0.717, 1.165) is 11.1 Å². The van der Waals surface area contributed by atoms with E-state index in [4.69, 9.17) is 14.2 Å². The highest BCUT2D eigenvalue weighted by molar-refractivity contribution is 5.84. The van der Waals surface area contributed by atoms with Gasteiger partial charge in [-0.1, -0.05) is 18.2 Å². The molecule has 0 fully saturated rings. The van der Waals surface area contributed by atoms with Crippen LogP contribution in [0.3, 0.4) is 0 Å². The number of hydrogen-bond acceptors (Lipinski definition) is 6. The minimum Gasteiger partial charge on any atom is -0.493 e. The third-order valence-electron chi connectivity index (χ3n) is 6.06. The van der Waals surface area contributed by atoms with Gasteiger partial charge in [0.1, 0.15) is 5.82 Å². The average molecular weight is 479 g/mol. The fraction of sp³-hybridized carbons (Fsp3) is 0.259. The highest BCUT2D eigenvalue weighted by Gasteiger charge is 2.29. The molecule has 0 unspecified atom stereocenters. The van der Waals surface area contributed by atoms with Crippen LogP contribution in [0.4, 0.5) is 15.8 Å². The molecular weight excluding hydrogens is 451 g/mol. The van der Waals surface area contributed by atoms with Crippen LogP contribution >= 0.6 is 0 Å². The number of fused-ring (bicyclic) bond motifs is 3. The summed E-state index contributed by atoms with van der Waals surface area (Å²) < 4.78 is 31.2. The third kappa shape index (κ3) is 4.64. The zero-order valence-corrected chi connectivity index (χ0v) is 20.0. The van der Waals surface area contributed by atoms with Crippen molar-refractivity contribution in [1.29, 1.82) is 0 Å². The maximum Gasteiger partial charge on any atom is 0.217 e. The molecule has 0 aliphatic heterocycles. The maximum atomic E-state index is 14.3. The smallest absolute Gasteiger partial charge is 0.217 e. The molecule has 3 aromatic rings. The van der Waals surface area contributed by atoms with E-state index < -0.39 is 11.9 Å². The van der Waals surface area contributed by atoms with Crippen LogP contribution in [0.25, 0.3) is 11.1 Å². The Morgan fingerprint density at radius 2 is 1.71 bits per heavy atom. The number of benzene rings is 2. The summed E-state index contributed by atoms with van der Waals surface area (Å²) in [5, 5.41) is 5.86. The number of halogens is 1. The van der Waals surface area contributed by atoms with Gasteiger partial charge in [-0.25, -0.2) is 4.39 Å². The molecule has 35 heavy (non-hydrogen) atoms. The van der Waals surface area contributed by atoms with Gasteiger partial charge in [-0.3, -0.25) is 9.59 Å². The first kappa shape index (κ1) is 24.1. The molecule has 1 amide bonds. The Labute approximate surface area is 202 Å². The first-order valence-electron chi connectivity index (χ1n) is 11.2. The van der Waals surface area contributed by atoms with Crippen molar-refractivity contribution in [1.82, 2.24) is 5.32 Å². The van der Waals surface area contributed by atoms with Crippen molar-refractivity contribution < 1.29 is 23.4 Å². The number of anilines is 2. The quantitative estimate of drug-likeness (QED) is 0.532. The number of aryl methyl sites for hydroxylation is 1. The van der Waals surface area contributed by atoms with Crippen molar-refractivity contribution in [2.24, 2.45) is 0 Å². The van der Waals surface area contributed by atoms with Gasteiger partial charge in [0, 0.05) is 12.5 Å². The topological polar surface area (TPSA) is 85.9 Å². The van der Waals surface area contributed by atoms with E-state index in [1.54, 1.807) is 44.6 Å². The zero-order chi connectivity index (χ0) is 25.1. The molecule has 0 aromatic heterocycles. The van der Waals surface area contributed by atoms with Crippen LogP contribution < -0.4 is 30.3 Å². The van der Waals surface area contributed by atoms with Crippen LogP contribution in [-0.2, 0) is 11.2 Å². The van der Waals surface area contributed by atoms with Crippen molar-refractivity contribution >= 4 is 17.3 Å². The minimum absolute atomic E-state index is 0.189. The molecule has 0 saturated carbocycles. The summed E-state index contributed by atoms with van der Waals surface area (Å²) >= 11 is 0. The summed E-state index contributed by atoms with van der Waals surface area (Å²) in [7, 11) is 4.63. The van der Waals surface area contributed by atoms with Gasteiger partial charge >= 0.3 is 0 Å². The lowest BCUT2D eigenvalue weighted by atomic mass is 9.95. The minimum atomic E-state index is -0.472. The number of carbonyl (C=O) groups is 1. The van der Waals surface area contributed by atoms with Gasteiger partial charge in [0.2, 0.25) is 17.1 Å². The van der Waals surface area contributed by atoms with Crippen LogP contribution in [0, 0.1) is 5.82 Å². The van der Waals surface area contributed by atoms with Crippen molar-refractivity contribution in [3.63, 3.8) is 0 Å². The summed E-state index contributed by atoms with van der Waals surface area (Å²) in [5.74, 6) is 0.733. The standard InChI is InChI=1S/C27H27FN2O5/c1-15(31)29-20-11-9-16-13-24(33-2)26(34-3)27(35-4)25(16)17-10-12-22(23(32)14-18(17)20)30-21-8-6-5-7-19(21)28/h5-8,10,12-14,20H,9,11H2,1-4H3,(H,29,31)(H,30,32)/t20-/m1/s1. The number of hydrogen-bond donors (Lipinski definition) is 2. The fourth-order valence-corrected chi connectivity index (χ4v) is 4.52. The van der Waals surface area contributed by atoms with Crippen molar-refractivity contribution in [2.45, 2.75) is 25.8 Å².